The average molecular weight is 392 g/mol. The zero-order chi connectivity index (χ0) is 19.7. The second-order valence-corrected chi connectivity index (χ2v) is 6.87. The largest absolute Gasteiger partial charge is 0.288 e. The van der Waals surface area contributed by atoms with Crippen molar-refractivity contribution in [3.8, 4) is 5.82 Å². The molecule has 4 aromatic rings. The van der Waals surface area contributed by atoms with Crippen LogP contribution in [0.1, 0.15) is 24.0 Å². The van der Waals surface area contributed by atoms with Gasteiger partial charge in [0.05, 0.1) is 17.6 Å². The number of rotatable bonds is 4. The molecule has 1 N–H and O–H groups in total. The molecule has 0 saturated heterocycles. The second kappa shape index (κ2) is 7.36. The van der Waals surface area contributed by atoms with Crippen molar-refractivity contribution in [3.05, 3.63) is 71.0 Å². The first-order valence-corrected chi connectivity index (χ1v) is 9.10. The SMILES string of the molecule is C/C(=N\Nc1nncc2cc(Cl)ccc12)c1ccc(-n2cc(C)nc2C)nc1. The van der Waals surface area contributed by atoms with E-state index in [-0.39, 0.29) is 0 Å². The Labute approximate surface area is 167 Å². The van der Waals surface area contributed by atoms with Gasteiger partial charge in [-0.3, -0.25) is 9.99 Å². The normalized spacial score (nSPS) is 11.8. The van der Waals surface area contributed by atoms with Gasteiger partial charge in [-0.25, -0.2) is 9.97 Å². The predicted octanol–water partition coefficient (Wildman–Crippen LogP) is 4.32. The fraction of sp³-hybridized carbons (Fsp3) is 0.150. The van der Waals surface area contributed by atoms with E-state index in [1.54, 1.807) is 12.4 Å². The van der Waals surface area contributed by atoms with E-state index in [1.165, 1.54) is 0 Å². The number of nitrogens with one attached hydrogen (secondary N) is 1. The van der Waals surface area contributed by atoms with E-state index in [1.807, 2.05) is 61.9 Å². The highest BCUT2D eigenvalue weighted by Crippen LogP contribution is 2.23. The van der Waals surface area contributed by atoms with Gasteiger partial charge < -0.3 is 0 Å². The van der Waals surface area contributed by atoms with Crippen molar-refractivity contribution in [2.45, 2.75) is 20.8 Å². The lowest BCUT2D eigenvalue weighted by Gasteiger charge is -2.07. The summed E-state index contributed by atoms with van der Waals surface area (Å²) in [7, 11) is 0. The number of benzene rings is 1. The lowest BCUT2D eigenvalue weighted by Crippen LogP contribution is -2.04. The zero-order valence-electron chi connectivity index (χ0n) is 15.7. The number of aromatic nitrogens is 5. The van der Waals surface area contributed by atoms with Crippen LogP contribution in [0.2, 0.25) is 5.02 Å². The summed E-state index contributed by atoms with van der Waals surface area (Å²) in [5.74, 6) is 2.29. The van der Waals surface area contributed by atoms with Crippen LogP contribution in [0.3, 0.4) is 0 Å². The number of fused-ring (bicyclic) bond motifs is 1. The van der Waals surface area contributed by atoms with Gasteiger partial charge in [-0.15, -0.1) is 5.10 Å². The first-order chi connectivity index (χ1) is 13.5. The number of pyridine rings is 1. The summed E-state index contributed by atoms with van der Waals surface area (Å²) in [5.41, 5.74) is 5.64. The molecule has 0 aliphatic rings. The summed E-state index contributed by atoms with van der Waals surface area (Å²) >= 11 is 6.04. The molecular formula is C20H18ClN7. The third kappa shape index (κ3) is 3.57. The summed E-state index contributed by atoms with van der Waals surface area (Å²) in [6, 6.07) is 9.48. The molecule has 0 atom stereocenters. The molecule has 3 heterocycles. The summed E-state index contributed by atoms with van der Waals surface area (Å²) in [4.78, 5) is 8.94. The number of hydrazone groups is 1. The fourth-order valence-electron chi connectivity index (χ4n) is 2.94. The maximum Gasteiger partial charge on any atom is 0.176 e. The van der Waals surface area contributed by atoms with Crippen LogP contribution < -0.4 is 5.43 Å². The standard InChI is InChI=1S/C20H18ClN7/c1-12-11-28(14(3)24-12)19-7-4-15(9-22-19)13(2)25-27-20-18-6-5-17(21)8-16(18)10-23-26-20/h4-11H,1-3H3,(H,26,27)/b25-13+. The Morgan fingerprint density at radius 2 is 2.00 bits per heavy atom. The molecule has 7 nitrogen and oxygen atoms in total. The fourth-order valence-corrected chi connectivity index (χ4v) is 3.12. The smallest absolute Gasteiger partial charge is 0.176 e. The Balaban J connectivity index is 1.57. The molecule has 0 radical (unpaired) electrons. The van der Waals surface area contributed by atoms with Crippen molar-refractivity contribution in [2.24, 2.45) is 5.10 Å². The number of nitrogens with zero attached hydrogens (tertiary/aromatic N) is 6. The van der Waals surface area contributed by atoms with Crippen molar-refractivity contribution >= 4 is 33.9 Å². The Hall–Kier alpha value is -3.32. The maximum atomic E-state index is 6.04. The molecule has 0 fully saturated rings. The van der Waals surface area contributed by atoms with Crippen molar-refractivity contribution in [1.29, 1.82) is 0 Å². The van der Waals surface area contributed by atoms with Crippen LogP contribution in [-0.2, 0) is 0 Å². The number of imidazole rings is 1. The molecule has 28 heavy (non-hydrogen) atoms. The van der Waals surface area contributed by atoms with Gasteiger partial charge in [0.25, 0.3) is 0 Å². The van der Waals surface area contributed by atoms with Gasteiger partial charge in [-0.05, 0) is 51.1 Å². The highest BCUT2D eigenvalue weighted by Gasteiger charge is 2.07. The highest BCUT2D eigenvalue weighted by atomic mass is 35.5. The van der Waals surface area contributed by atoms with Crippen LogP contribution >= 0.6 is 11.6 Å². The van der Waals surface area contributed by atoms with Gasteiger partial charge in [-0.2, -0.15) is 10.2 Å². The first kappa shape index (κ1) is 18.1. The maximum absolute atomic E-state index is 6.04. The van der Waals surface area contributed by atoms with Crippen LogP contribution in [0.15, 0.2) is 54.0 Å². The van der Waals surface area contributed by atoms with Crippen molar-refractivity contribution in [1.82, 2.24) is 24.7 Å². The monoisotopic (exact) mass is 391 g/mol. The number of hydrogen-bond donors (Lipinski definition) is 1. The van der Waals surface area contributed by atoms with Crippen molar-refractivity contribution < 1.29 is 0 Å². The number of halogens is 1. The Morgan fingerprint density at radius 3 is 2.71 bits per heavy atom. The van der Waals surface area contributed by atoms with Gasteiger partial charge in [-0.1, -0.05) is 11.6 Å². The summed E-state index contributed by atoms with van der Waals surface area (Å²) < 4.78 is 1.96. The van der Waals surface area contributed by atoms with E-state index in [0.29, 0.717) is 10.8 Å². The topological polar surface area (TPSA) is 80.9 Å². The molecule has 0 bridgehead atoms. The van der Waals surface area contributed by atoms with Crippen LogP contribution in [0.5, 0.6) is 0 Å². The highest BCUT2D eigenvalue weighted by molar-refractivity contribution is 6.31. The second-order valence-electron chi connectivity index (χ2n) is 6.44. The third-order valence-corrected chi connectivity index (χ3v) is 4.60. The van der Waals surface area contributed by atoms with Gasteiger partial charge >= 0.3 is 0 Å². The molecule has 1 aromatic carbocycles. The molecule has 0 saturated carbocycles. The molecule has 3 aromatic heterocycles. The molecule has 0 unspecified atom stereocenters. The number of hydrogen-bond acceptors (Lipinski definition) is 6. The van der Waals surface area contributed by atoms with Crippen LogP contribution in [-0.4, -0.2) is 30.4 Å². The van der Waals surface area contributed by atoms with E-state index in [0.717, 1.165) is 39.4 Å². The average Bonchev–Trinajstić information content (AvgIpc) is 3.04. The Bertz CT molecular complexity index is 1180. The minimum atomic E-state index is 0.572. The lowest BCUT2D eigenvalue weighted by atomic mass is 10.2. The quantitative estimate of drug-likeness (QED) is 0.414. The molecule has 0 amide bonds. The van der Waals surface area contributed by atoms with E-state index >= 15 is 0 Å². The van der Waals surface area contributed by atoms with E-state index in [4.69, 9.17) is 11.6 Å². The summed E-state index contributed by atoms with van der Waals surface area (Å²) in [5, 5.41) is 15.0. The molecule has 4 rings (SSSR count). The third-order valence-electron chi connectivity index (χ3n) is 4.37. The molecule has 8 heteroatoms. The van der Waals surface area contributed by atoms with Gasteiger partial charge in [0.15, 0.2) is 5.82 Å². The van der Waals surface area contributed by atoms with Crippen LogP contribution in [0.4, 0.5) is 5.82 Å². The molecule has 0 aliphatic heterocycles. The molecule has 140 valence electrons. The van der Waals surface area contributed by atoms with Crippen LogP contribution in [0, 0.1) is 13.8 Å². The minimum Gasteiger partial charge on any atom is -0.288 e. The Morgan fingerprint density at radius 1 is 1.14 bits per heavy atom. The molecule has 0 spiro atoms. The zero-order valence-corrected chi connectivity index (χ0v) is 16.4. The van der Waals surface area contributed by atoms with Crippen LogP contribution in [0.25, 0.3) is 16.6 Å². The number of aryl methyl sites for hydroxylation is 2. The first-order valence-electron chi connectivity index (χ1n) is 8.72. The van der Waals surface area contributed by atoms with Crippen molar-refractivity contribution in [2.75, 3.05) is 5.43 Å². The molecular weight excluding hydrogens is 374 g/mol. The van der Waals surface area contributed by atoms with Gasteiger partial charge in [0.1, 0.15) is 11.6 Å². The summed E-state index contributed by atoms with van der Waals surface area (Å²) in [6.45, 7) is 5.83. The lowest BCUT2D eigenvalue weighted by molar-refractivity contribution is 0.932. The summed E-state index contributed by atoms with van der Waals surface area (Å²) in [6.07, 6.45) is 5.43. The molecule has 0 aliphatic carbocycles. The minimum absolute atomic E-state index is 0.572. The van der Waals surface area contributed by atoms with E-state index in [9.17, 15) is 0 Å². The van der Waals surface area contributed by atoms with Crippen molar-refractivity contribution in [3.63, 3.8) is 0 Å². The van der Waals surface area contributed by atoms with E-state index < -0.39 is 0 Å². The van der Waals surface area contributed by atoms with Gasteiger partial charge in [0, 0.05) is 33.8 Å². The predicted molar refractivity (Wildman–Crippen MR) is 111 cm³/mol. The number of anilines is 1. The van der Waals surface area contributed by atoms with Gasteiger partial charge in [0.2, 0.25) is 0 Å². The van der Waals surface area contributed by atoms with E-state index in [2.05, 4.69) is 30.7 Å². The Kier molecular flexibility index (Phi) is 4.75.